The number of carbonyl (C=O) groups is 1. The molecule has 1 atom stereocenters. The van der Waals surface area contributed by atoms with Crippen molar-refractivity contribution in [2.24, 2.45) is 7.05 Å². The molecule has 5 rings (SSSR count). The smallest absolute Gasteiger partial charge is 0.263 e. The van der Waals surface area contributed by atoms with Crippen LogP contribution in [0.2, 0.25) is 0 Å². The second-order valence-electron chi connectivity index (χ2n) is 7.40. The van der Waals surface area contributed by atoms with Gasteiger partial charge in [-0.1, -0.05) is 0 Å². The van der Waals surface area contributed by atoms with Crippen molar-refractivity contribution >= 4 is 28.3 Å². The lowest BCUT2D eigenvalue weighted by atomic mass is 9.99. The SMILES string of the molecule is Cn1c([C@@H]2CCN(C(=O)c3cc4c(s3)CCCC4)C2)nc2ccncc21. The quantitative estimate of drug-likeness (QED) is 0.697. The molecule has 0 bridgehead atoms. The summed E-state index contributed by atoms with van der Waals surface area (Å²) >= 11 is 1.71. The summed E-state index contributed by atoms with van der Waals surface area (Å²) in [6, 6.07) is 4.10. The number of hydrogen-bond acceptors (Lipinski definition) is 4. The van der Waals surface area contributed by atoms with Crippen LogP contribution < -0.4 is 0 Å². The maximum absolute atomic E-state index is 13.0. The monoisotopic (exact) mass is 366 g/mol. The minimum absolute atomic E-state index is 0.201. The molecule has 1 amide bonds. The molecule has 0 unspecified atom stereocenters. The van der Waals surface area contributed by atoms with E-state index in [4.69, 9.17) is 4.98 Å². The largest absolute Gasteiger partial charge is 0.337 e. The van der Waals surface area contributed by atoms with Crippen LogP contribution in [-0.4, -0.2) is 38.4 Å². The van der Waals surface area contributed by atoms with E-state index in [1.165, 1.54) is 23.3 Å². The molecule has 26 heavy (non-hydrogen) atoms. The molecule has 5 nitrogen and oxygen atoms in total. The highest BCUT2D eigenvalue weighted by molar-refractivity contribution is 7.14. The number of fused-ring (bicyclic) bond motifs is 2. The third kappa shape index (κ3) is 2.55. The molecule has 0 spiro atoms. The van der Waals surface area contributed by atoms with Gasteiger partial charge in [-0.25, -0.2) is 4.98 Å². The Morgan fingerprint density at radius 1 is 1.31 bits per heavy atom. The third-order valence-electron chi connectivity index (χ3n) is 5.77. The van der Waals surface area contributed by atoms with E-state index in [1.54, 1.807) is 17.5 Å². The van der Waals surface area contributed by atoms with Gasteiger partial charge in [-0.15, -0.1) is 11.3 Å². The van der Waals surface area contributed by atoms with Crippen LogP contribution in [0.4, 0.5) is 0 Å². The molecular formula is C20H22N4OS. The number of aromatic nitrogens is 3. The van der Waals surface area contributed by atoms with Crippen LogP contribution in [0.3, 0.4) is 0 Å². The average molecular weight is 366 g/mol. The number of carbonyl (C=O) groups excluding carboxylic acids is 1. The summed E-state index contributed by atoms with van der Waals surface area (Å²) in [6.07, 6.45) is 9.40. The van der Waals surface area contributed by atoms with Gasteiger partial charge in [0.1, 0.15) is 5.82 Å². The maximum Gasteiger partial charge on any atom is 0.263 e. The molecule has 0 N–H and O–H groups in total. The second-order valence-corrected chi connectivity index (χ2v) is 8.53. The zero-order valence-electron chi connectivity index (χ0n) is 14.9. The lowest BCUT2D eigenvalue weighted by Crippen LogP contribution is -2.28. The van der Waals surface area contributed by atoms with Gasteiger partial charge >= 0.3 is 0 Å². The second kappa shape index (κ2) is 6.20. The minimum Gasteiger partial charge on any atom is -0.337 e. The molecule has 0 aromatic carbocycles. The van der Waals surface area contributed by atoms with Crippen LogP contribution in [0.5, 0.6) is 0 Å². The van der Waals surface area contributed by atoms with Crippen molar-refractivity contribution in [3.8, 4) is 0 Å². The Bertz CT molecular complexity index is 966. The van der Waals surface area contributed by atoms with Gasteiger partial charge in [0.25, 0.3) is 5.91 Å². The average Bonchev–Trinajstić information content (AvgIpc) is 3.38. The summed E-state index contributed by atoms with van der Waals surface area (Å²) in [5, 5.41) is 0. The van der Waals surface area contributed by atoms with Crippen LogP contribution >= 0.6 is 11.3 Å². The highest BCUT2D eigenvalue weighted by Gasteiger charge is 2.32. The van der Waals surface area contributed by atoms with E-state index < -0.39 is 0 Å². The summed E-state index contributed by atoms with van der Waals surface area (Å²) in [5.74, 6) is 1.56. The molecule has 1 saturated heterocycles. The molecule has 1 fully saturated rings. The van der Waals surface area contributed by atoms with Crippen molar-refractivity contribution in [3.63, 3.8) is 0 Å². The van der Waals surface area contributed by atoms with Crippen LogP contribution in [-0.2, 0) is 19.9 Å². The van der Waals surface area contributed by atoms with Gasteiger partial charge in [-0.2, -0.15) is 0 Å². The van der Waals surface area contributed by atoms with Gasteiger partial charge in [-0.3, -0.25) is 9.78 Å². The molecule has 6 heteroatoms. The number of aryl methyl sites for hydroxylation is 3. The molecule has 1 aliphatic carbocycles. The number of pyridine rings is 1. The Hall–Kier alpha value is -2.21. The Morgan fingerprint density at radius 3 is 3.04 bits per heavy atom. The summed E-state index contributed by atoms with van der Waals surface area (Å²) in [7, 11) is 2.05. The Morgan fingerprint density at radius 2 is 2.19 bits per heavy atom. The lowest BCUT2D eigenvalue weighted by Gasteiger charge is -2.15. The van der Waals surface area contributed by atoms with E-state index in [0.717, 1.165) is 54.1 Å². The van der Waals surface area contributed by atoms with Crippen molar-refractivity contribution in [2.75, 3.05) is 13.1 Å². The fourth-order valence-corrected chi connectivity index (χ4v) is 5.55. The predicted molar refractivity (Wildman–Crippen MR) is 103 cm³/mol. The molecule has 134 valence electrons. The Kier molecular flexibility index (Phi) is 3.81. The zero-order chi connectivity index (χ0) is 17.7. The number of amides is 1. The minimum atomic E-state index is 0.201. The van der Waals surface area contributed by atoms with E-state index in [1.807, 2.05) is 24.2 Å². The number of hydrogen-bond donors (Lipinski definition) is 0. The fourth-order valence-electron chi connectivity index (χ4n) is 4.33. The number of likely N-dealkylation sites (tertiary alicyclic amines) is 1. The molecular weight excluding hydrogens is 344 g/mol. The van der Waals surface area contributed by atoms with E-state index >= 15 is 0 Å². The van der Waals surface area contributed by atoms with E-state index in [9.17, 15) is 4.79 Å². The molecule has 3 aromatic rings. The van der Waals surface area contributed by atoms with E-state index in [-0.39, 0.29) is 5.91 Å². The number of rotatable bonds is 2. The standard InChI is InChI=1S/C20H22N4OS/c1-23-16-11-21-8-6-15(16)22-19(23)14-7-9-24(12-14)20(25)18-10-13-4-2-3-5-17(13)26-18/h6,8,10-11,14H,2-5,7,9,12H2,1H3/t14-/m1/s1. The summed E-state index contributed by atoms with van der Waals surface area (Å²) in [4.78, 5) is 26.4. The highest BCUT2D eigenvalue weighted by atomic mass is 32.1. The van der Waals surface area contributed by atoms with Crippen molar-refractivity contribution in [1.82, 2.24) is 19.4 Å². The first-order valence-corrected chi connectivity index (χ1v) is 10.2. The Labute approximate surface area is 156 Å². The van der Waals surface area contributed by atoms with Crippen molar-refractivity contribution < 1.29 is 4.79 Å². The van der Waals surface area contributed by atoms with Crippen molar-refractivity contribution in [2.45, 2.75) is 38.0 Å². The molecule has 2 aliphatic rings. The van der Waals surface area contributed by atoms with Crippen LogP contribution in [0.1, 0.15) is 51.1 Å². The normalized spacial score (nSPS) is 19.9. The topological polar surface area (TPSA) is 51.0 Å². The van der Waals surface area contributed by atoms with Crippen LogP contribution in [0, 0.1) is 0 Å². The van der Waals surface area contributed by atoms with Gasteiger partial charge in [0.05, 0.1) is 22.1 Å². The number of nitrogens with zero attached hydrogens (tertiary/aromatic N) is 4. The highest BCUT2D eigenvalue weighted by Crippen LogP contribution is 2.33. The Balaban J connectivity index is 1.37. The van der Waals surface area contributed by atoms with Crippen LogP contribution in [0.25, 0.3) is 11.0 Å². The first-order chi connectivity index (χ1) is 12.7. The third-order valence-corrected chi connectivity index (χ3v) is 6.99. The van der Waals surface area contributed by atoms with Crippen LogP contribution in [0.15, 0.2) is 24.5 Å². The summed E-state index contributed by atoms with van der Waals surface area (Å²) in [6.45, 7) is 1.57. The van der Waals surface area contributed by atoms with Crippen molar-refractivity contribution in [3.05, 3.63) is 45.7 Å². The molecule has 0 radical (unpaired) electrons. The predicted octanol–water partition coefficient (Wildman–Crippen LogP) is 3.54. The van der Waals surface area contributed by atoms with Gasteiger partial charge < -0.3 is 9.47 Å². The first kappa shape index (κ1) is 16.0. The summed E-state index contributed by atoms with van der Waals surface area (Å²) in [5.41, 5.74) is 3.44. The van der Waals surface area contributed by atoms with Gasteiger partial charge in [0, 0.05) is 37.1 Å². The van der Waals surface area contributed by atoms with Gasteiger partial charge in [0.2, 0.25) is 0 Å². The number of thiophene rings is 1. The lowest BCUT2D eigenvalue weighted by molar-refractivity contribution is 0.0795. The first-order valence-electron chi connectivity index (χ1n) is 9.38. The van der Waals surface area contributed by atoms with Gasteiger partial charge in [-0.05, 0) is 49.8 Å². The maximum atomic E-state index is 13.0. The number of imidazole rings is 1. The van der Waals surface area contributed by atoms with E-state index in [0.29, 0.717) is 5.92 Å². The zero-order valence-corrected chi connectivity index (χ0v) is 15.8. The molecule has 3 aromatic heterocycles. The fraction of sp³-hybridized carbons (Fsp3) is 0.450. The van der Waals surface area contributed by atoms with Gasteiger partial charge in [0.15, 0.2) is 0 Å². The molecule has 0 saturated carbocycles. The van der Waals surface area contributed by atoms with E-state index in [2.05, 4.69) is 15.6 Å². The van der Waals surface area contributed by atoms with Crippen molar-refractivity contribution in [1.29, 1.82) is 0 Å². The molecule has 4 heterocycles. The summed E-state index contributed by atoms with van der Waals surface area (Å²) < 4.78 is 2.13. The molecule has 1 aliphatic heterocycles.